The Morgan fingerprint density at radius 3 is 2.68 bits per heavy atom. The van der Waals surface area contributed by atoms with E-state index in [4.69, 9.17) is 16.3 Å². The fourth-order valence-corrected chi connectivity index (χ4v) is 4.72. The molecule has 0 radical (unpaired) electrons. The van der Waals surface area contributed by atoms with Crippen LogP contribution in [0.3, 0.4) is 0 Å². The lowest BCUT2D eigenvalue weighted by atomic mass is 9.91. The molecule has 1 aromatic carbocycles. The van der Waals surface area contributed by atoms with E-state index < -0.39 is 31.1 Å². The summed E-state index contributed by atoms with van der Waals surface area (Å²) in [7, 11) is 0. The Kier molecular flexibility index (Phi) is 5.53. The van der Waals surface area contributed by atoms with Gasteiger partial charge >= 0.3 is 0 Å². The molecular weight excluding hydrogens is 422 g/mol. The lowest BCUT2D eigenvalue weighted by molar-refractivity contribution is -0.0511. The zero-order valence-corrected chi connectivity index (χ0v) is 17.5. The third-order valence-electron chi connectivity index (χ3n) is 6.16. The topological polar surface area (TPSA) is 117 Å². The van der Waals surface area contributed by atoms with E-state index >= 15 is 0 Å². The molecule has 2 aliphatic heterocycles. The van der Waals surface area contributed by atoms with Crippen molar-refractivity contribution in [3.05, 3.63) is 47.5 Å². The summed E-state index contributed by atoms with van der Waals surface area (Å²) < 4.78 is 7.18. The summed E-state index contributed by atoms with van der Waals surface area (Å²) in [6.07, 6.45) is -0.657. The van der Waals surface area contributed by atoms with Crippen LogP contribution >= 0.6 is 11.6 Å². The van der Waals surface area contributed by atoms with Gasteiger partial charge in [-0.3, -0.25) is 4.57 Å². The van der Waals surface area contributed by atoms with Gasteiger partial charge in [0.1, 0.15) is 18.3 Å². The first-order valence-electron chi connectivity index (χ1n) is 10.4. The Bertz CT molecular complexity index is 1060. The van der Waals surface area contributed by atoms with Crippen molar-refractivity contribution < 1.29 is 20.1 Å². The van der Waals surface area contributed by atoms with E-state index in [9.17, 15) is 15.3 Å². The number of imidazole rings is 1. The first-order valence-corrected chi connectivity index (χ1v) is 10.8. The summed E-state index contributed by atoms with van der Waals surface area (Å²) in [6.45, 7) is 1.21. The van der Waals surface area contributed by atoms with Gasteiger partial charge in [-0.2, -0.15) is 9.97 Å². The van der Waals surface area contributed by atoms with Crippen LogP contribution in [0.15, 0.2) is 36.7 Å². The number of piperidine rings is 1. The first kappa shape index (κ1) is 20.6. The van der Waals surface area contributed by atoms with Crippen LogP contribution in [0.4, 0.5) is 5.82 Å². The third kappa shape index (κ3) is 3.66. The van der Waals surface area contributed by atoms with Crippen molar-refractivity contribution in [2.24, 2.45) is 0 Å². The monoisotopic (exact) mass is 445 g/mol. The van der Waals surface area contributed by atoms with Crippen molar-refractivity contribution in [2.45, 2.75) is 43.3 Å². The number of halogens is 1. The number of aromatic nitrogens is 4. The number of rotatable bonds is 4. The van der Waals surface area contributed by atoms with Crippen LogP contribution in [0.2, 0.25) is 5.28 Å². The van der Waals surface area contributed by atoms with Crippen molar-refractivity contribution in [3.63, 3.8) is 0 Å². The lowest BCUT2D eigenvalue weighted by Crippen LogP contribution is -2.35. The van der Waals surface area contributed by atoms with E-state index in [0.29, 0.717) is 22.9 Å². The van der Waals surface area contributed by atoms with Crippen LogP contribution in [0.1, 0.15) is 30.6 Å². The first-order chi connectivity index (χ1) is 15.1. The molecule has 2 saturated heterocycles. The third-order valence-corrected chi connectivity index (χ3v) is 6.33. The molecule has 0 aliphatic carbocycles. The molecule has 2 fully saturated rings. The number of hydrogen-bond donors (Lipinski definition) is 3. The SMILES string of the molecule is OC[C@H]1O[C@@H](n2cnc3c(N4CCCC(c5ccccc5)C4)nc(Cl)nc32)[C@H](O)[C@@H]1O. The highest BCUT2D eigenvalue weighted by molar-refractivity contribution is 6.28. The molecule has 0 amide bonds. The average Bonchev–Trinajstić information content (AvgIpc) is 3.34. The second-order valence-electron chi connectivity index (χ2n) is 8.07. The Labute approximate surface area is 183 Å². The maximum atomic E-state index is 10.4. The van der Waals surface area contributed by atoms with Crippen LogP contribution in [-0.4, -0.2) is 72.8 Å². The van der Waals surface area contributed by atoms with E-state index in [1.165, 1.54) is 16.5 Å². The molecule has 5 atom stereocenters. The Balaban J connectivity index is 1.49. The minimum absolute atomic E-state index is 0.0674. The van der Waals surface area contributed by atoms with Gasteiger partial charge < -0.3 is 25.0 Å². The van der Waals surface area contributed by atoms with E-state index in [0.717, 1.165) is 25.9 Å². The van der Waals surface area contributed by atoms with Crippen molar-refractivity contribution in [3.8, 4) is 0 Å². The number of nitrogens with zero attached hydrogens (tertiary/aromatic N) is 5. The number of benzene rings is 1. The molecule has 2 aliphatic rings. The maximum absolute atomic E-state index is 10.4. The van der Waals surface area contributed by atoms with Crippen molar-refractivity contribution in [1.29, 1.82) is 0 Å². The van der Waals surface area contributed by atoms with E-state index in [2.05, 4.69) is 44.1 Å². The number of fused-ring (bicyclic) bond motifs is 1. The smallest absolute Gasteiger partial charge is 0.226 e. The Morgan fingerprint density at radius 1 is 1.13 bits per heavy atom. The maximum Gasteiger partial charge on any atom is 0.226 e. The number of hydrogen-bond acceptors (Lipinski definition) is 8. The van der Waals surface area contributed by atoms with Crippen LogP contribution in [0, 0.1) is 0 Å². The minimum atomic E-state index is -1.23. The van der Waals surface area contributed by atoms with Crippen LogP contribution < -0.4 is 4.90 Å². The number of ether oxygens (including phenoxy) is 1. The number of aliphatic hydroxyl groups is 3. The van der Waals surface area contributed by atoms with Gasteiger partial charge in [0.05, 0.1) is 12.9 Å². The van der Waals surface area contributed by atoms with Crippen molar-refractivity contribution in [1.82, 2.24) is 19.5 Å². The average molecular weight is 446 g/mol. The van der Waals surface area contributed by atoms with Crippen LogP contribution in [-0.2, 0) is 4.74 Å². The molecule has 10 heteroatoms. The standard InChI is InChI=1S/C21H24ClN5O4/c22-21-24-18(26-8-4-7-13(9-26)12-5-2-1-3-6-12)15-19(25-21)27(11-23-15)20-17(30)16(29)14(10-28)31-20/h1-3,5-6,11,13-14,16-17,20,28-30H,4,7-10H2/t13?,14-,16-,17-,20-/m1/s1. The molecule has 5 rings (SSSR count). The molecule has 31 heavy (non-hydrogen) atoms. The summed E-state index contributed by atoms with van der Waals surface area (Å²) in [5.74, 6) is 1.02. The summed E-state index contributed by atoms with van der Waals surface area (Å²) >= 11 is 6.27. The van der Waals surface area contributed by atoms with Crippen LogP contribution in [0.25, 0.3) is 11.2 Å². The normalized spacial score (nSPS) is 29.0. The van der Waals surface area contributed by atoms with Gasteiger partial charge in [-0.25, -0.2) is 4.98 Å². The van der Waals surface area contributed by atoms with Crippen LogP contribution in [0.5, 0.6) is 0 Å². The fraction of sp³-hybridized carbons (Fsp3) is 0.476. The molecule has 4 heterocycles. The lowest BCUT2D eigenvalue weighted by Gasteiger charge is -2.34. The van der Waals surface area contributed by atoms with Gasteiger partial charge in [0.15, 0.2) is 23.2 Å². The van der Waals surface area contributed by atoms with E-state index in [1.807, 2.05) is 6.07 Å². The van der Waals surface area contributed by atoms with E-state index in [1.54, 1.807) is 0 Å². The number of anilines is 1. The predicted molar refractivity (Wildman–Crippen MR) is 114 cm³/mol. The zero-order valence-electron chi connectivity index (χ0n) is 16.8. The summed E-state index contributed by atoms with van der Waals surface area (Å²) in [6, 6.07) is 10.4. The molecule has 164 valence electrons. The molecule has 0 spiro atoms. The molecular formula is C21H24ClN5O4. The van der Waals surface area contributed by atoms with E-state index in [-0.39, 0.29) is 5.28 Å². The largest absolute Gasteiger partial charge is 0.394 e. The second kappa shape index (κ2) is 8.33. The van der Waals surface area contributed by atoms with Gasteiger partial charge in [-0.15, -0.1) is 0 Å². The highest BCUT2D eigenvalue weighted by atomic mass is 35.5. The predicted octanol–water partition coefficient (Wildman–Crippen LogP) is 1.48. The molecule has 3 aromatic rings. The highest BCUT2D eigenvalue weighted by Crippen LogP contribution is 2.35. The quantitative estimate of drug-likeness (QED) is 0.517. The molecule has 0 bridgehead atoms. The van der Waals surface area contributed by atoms with Crippen molar-refractivity contribution in [2.75, 3.05) is 24.6 Å². The van der Waals surface area contributed by atoms with Gasteiger partial charge in [0.25, 0.3) is 0 Å². The van der Waals surface area contributed by atoms with Gasteiger partial charge in [0, 0.05) is 19.0 Å². The molecule has 0 saturated carbocycles. The van der Waals surface area contributed by atoms with Crippen molar-refractivity contribution >= 4 is 28.6 Å². The molecule has 2 aromatic heterocycles. The van der Waals surface area contributed by atoms with Gasteiger partial charge in [-0.05, 0) is 30.0 Å². The Morgan fingerprint density at radius 2 is 1.94 bits per heavy atom. The summed E-state index contributed by atoms with van der Waals surface area (Å²) in [5.41, 5.74) is 2.25. The molecule has 9 nitrogen and oxygen atoms in total. The number of aliphatic hydroxyl groups excluding tert-OH is 3. The second-order valence-corrected chi connectivity index (χ2v) is 8.40. The highest BCUT2D eigenvalue weighted by Gasteiger charge is 2.44. The molecule has 1 unspecified atom stereocenters. The summed E-state index contributed by atoms with van der Waals surface area (Å²) in [4.78, 5) is 15.4. The fourth-order valence-electron chi connectivity index (χ4n) is 4.56. The Hall–Kier alpha value is -2.30. The molecule has 3 N–H and O–H groups in total. The van der Waals surface area contributed by atoms with Gasteiger partial charge in [0.2, 0.25) is 5.28 Å². The van der Waals surface area contributed by atoms with Gasteiger partial charge in [-0.1, -0.05) is 30.3 Å². The summed E-state index contributed by atoms with van der Waals surface area (Å²) in [5, 5.41) is 30.0. The minimum Gasteiger partial charge on any atom is -0.394 e. The zero-order chi connectivity index (χ0) is 21.5.